The lowest BCUT2D eigenvalue weighted by Gasteiger charge is -2.10. The van der Waals surface area contributed by atoms with Gasteiger partial charge in [-0.05, 0) is 29.7 Å². The number of benzene rings is 2. The number of hydrogen-bond donors (Lipinski definition) is 1. The molecule has 112 valence electrons. The number of carbonyl (C=O) groups is 1. The first-order chi connectivity index (χ1) is 10.6. The molecule has 3 nitrogen and oxygen atoms in total. The Morgan fingerprint density at radius 1 is 1.00 bits per heavy atom. The van der Waals surface area contributed by atoms with Gasteiger partial charge in [-0.15, -0.1) is 0 Å². The molecule has 1 heterocycles. The summed E-state index contributed by atoms with van der Waals surface area (Å²) < 4.78 is 2.06. The third-order valence-electron chi connectivity index (χ3n) is 3.49. The molecule has 1 amide bonds. The predicted molar refractivity (Wildman–Crippen MR) is 91.6 cm³/mol. The van der Waals surface area contributed by atoms with Gasteiger partial charge in [0.15, 0.2) is 0 Å². The highest BCUT2D eigenvalue weighted by Gasteiger charge is 2.10. The van der Waals surface area contributed by atoms with Gasteiger partial charge < -0.3 is 9.88 Å². The maximum Gasteiger partial charge on any atom is 0.226 e. The summed E-state index contributed by atoms with van der Waals surface area (Å²) in [5.74, 6) is -0.118. The fourth-order valence-corrected chi connectivity index (χ4v) is 2.87. The molecule has 0 saturated carbocycles. The Morgan fingerprint density at radius 2 is 1.73 bits per heavy atom. The second kappa shape index (κ2) is 6.42. The van der Waals surface area contributed by atoms with E-state index in [0.717, 1.165) is 10.9 Å². The van der Waals surface area contributed by atoms with Crippen LogP contribution in [0.4, 0.5) is 5.69 Å². The summed E-state index contributed by atoms with van der Waals surface area (Å²) in [6.45, 7) is 0.599. The van der Waals surface area contributed by atoms with Crippen molar-refractivity contribution in [1.29, 1.82) is 0 Å². The van der Waals surface area contributed by atoms with Crippen LogP contribution >= 0.6 is 23.2 Å². The quantitative estimate of drug-likeness (QED) is 0.718. The third kappa shape index (κ3) is 3.11. The van der Waals surface area contributed by atoms with Gasteiger partial charge in [-0.1, -0.05) is 47.5 Å². The van der Waals surface area contributed by atoms with Crippen LogP contribution in [0.25, 0.3) is 10.9 Å². The molecule has 0 bridgehead atoms. The van der Waals surface area contributed by atoms with Gasteiger partial charge in [-0.2, -0.15) is 0 Å². The molecule has 0 saturated heterocycles. The Morgan fingerprint density at radius 3 is 2.50 bits per heavy atom. The Labute approximate surface area is 138 Å². The average molecular weight is 333 g/mol. The van der Waals surface area contributed by atoms with Crippen LogP contribution < -0.4 is 5.32 Å². The molecule has 0 fully saturated rings. The number of fused-ring (bicyclic) bond motifs is 1. The van der Waals surface area contributed by atoms with Crippen molar-refractivity contribution in [3.8, 4) is 0 Å². The Kier molecular flexibility index (Phi) is 4.36. The number of carbonyl (C=O) groups excluding carboxylic acids is 1. The van der Waals surface area contributed by atoms with Gasteiger partial charge in [0.25, 0.3) is 0 Å². The second-order valence-corrected chi connectivity index (χ2v) is 5.78. The Bertz CT molecular complexity index is 806. The van der Waals surface area contributed by atoms with Crippen molar-refractivity contribution in [2.24, 2.45) is 0 Å². The van der Waals surface area contributed by atoms with Gasteiger partial charge in [0, 0.05) is 24.7 Å². The van der Waals surface area contributed by atoms with Crippen molar-refractivity contribution in [2.75, 3.05) is 5.32 Å². The van der Waals surface area contributed by atoms with Crippen LogP contribution in [0.3, 0.4) is 0 Å². The number of para-hydroxylation sites is 2. The zero-order chi connectivity index (χ0) is 15.5. The SMILES string of the molecule is O=C(CCn1ccc2ccccc21)Nc1c(Cl)cccc1Cl. The zero-order valence-electron chi connectivity index (χ0n) is 11.7. The number of halogens is 2. The standard InChI is InChI=1S/C17H14Cl2N2O/c18-13-5-3-6-14(19)17(13)20-16(22)9-11-21-10-8-12-4-1-2-7-15(12)21/h1-8,10H,9,11H2,(H,20,22). The third-order valence-corrected chi connectivity index (χ3v) is 4.12. The lowest BCUT2D eigenvalue weighted by atomic mass is 10.2. The first-order valence-corrected chi connectivity index (χ1v) is 7.68. The van der Waals surface area contributed by atoms with Crippen LogP contribution in [-0.4, -0.2) is 10.5 Å². The van der Waals surface area contributed by atoms with E-state index >= 15 is 0 Å². The molecule has 0 unspecified atom stereocenters. The number of hydrogen-bond acceptors (Lipinski definition) is 1. The van der Waals surface area contributed by atoms with Gasteiger partial charge in [0.05, 0.1) is 15.7 Å². The summed E-state index contributed by atoms with van der Waals surface area (Å²) in [6, 6.07) is 15.3. The molecular weight excluding hydrogens is 319 g/mol. The molecule has 1 aromatic heterocycles. The zero-order valence-corrected chi connectivity index (χ0v) is 13.2. The molecule has 22 heavy (non-hydrogen) atoms. The largest absolute Gasteiger partial charge is 0.347 e. The molecular formula is C17H14Cl2N2O. The molecule has 0 aliphatic rings. The summed E-state index contributed by atoms with van der Waals surface area (Å²) >= 11 is 12.1. The van der Waals surface area contributed by atoms with E-state index in [4.69, 9.17) is 23.2 Å². The molecule has 0 aliphatic heterocycles. The predicted octanol–water partition coefficient (Wildman–Crippen LogP) is 4.98. The number of amides is 1. The van der Waals surface area contributed by atoms with Crippen molar-refractivity contribution in [3.05, 3.63) is 64.8 Å². The van der Waals surface area contributed by atoms with Crippen LogP contribution in [0.1, 0.15) is 6.42 Å². The summed E-state index contributed by atoms with van der Waals surface area (Å²) in [6.07, 6.45) is 2.33. The van der Waals surface area contributed by atoms with E-state index in [1.54, 1.807) is 18.2 Å². The Hall–Kier alpha value is -1.97. The first kappa shape index (κ1) is 14.9. The topological polar surface area (TPSA) is 34.0 Å². The van der Waals surface area contributed by atoms with Crippen LogP contribution in [-0.2, 0) is 11.3 Å². The maximum absolute atomic E-state index is 12.1. The molecule has 0 radical (unpaired) electrons. The number of aromatic nitrogens is 1. The molecule has 5 heteroatoms. The van der Waals surface area contributed by atoms with Crippen molar-refractivity contribution >= 4 is 45.7 Å². The lowest BCUT2D eigenvalue weighted by Crippen LogP contribution is -2.14. The van der Waals surface area contributed by atoms with Crippen LogP contribution in [0.5, 0.6) is 0 Å². The van der Waals surface area contributed by atoms with Crippen molar-refractivity contribution in [1.82, 2.24) is 4.57 Å². The lowest BCUT2D eigenvalue weighted by molar-refractivity contribution is -0.116. The average Bonchev–Trinajstić information content (AvgIpc) is 2.92. The summed E-state index contributed by atoms with van der Waals surface area (Å²) in [5.41, 5.74) is 1.58. The highest BCUT2D eigenvalue weighted by atomic mass is 35.5. The molecule has 3 rings (SSSR count). The number of anilines is 1. The number of nitrogens with one attached hydrogen (secondary N) is 1. The van der Waals surface area contributed by atoms with E-state index in [0.29, 0.717) is 28.7 Å². The van der Waals surface area contributed by atoms with Gasteiger partial charge in [0.1, 0.15) is 0 Å². The highest BCUT2D eigenvalue weighted by Crippen LogP contribution is 2.29. The highest BCUT2D eigenvalue weighted by molar-refractivity contribution is 6.39. The molecule has 1 N–H and O–H groups in total. The molecule has 2 aromatic carbocycles. The van der Waals surface area contributed by atoms with E-state index in [2.05, 4.69) is 16.0 Å². The van der Waals surface area contributed by atoms with E-state index < -0.39 is 0 Å². The fraction of sp³-hybridized carbons (Fsp3) is 0.118. The van der Waals surface area contributed by atoms with Crippen LogP contribution in [0.2, 0.25) is 10.0 Å². The van der Waals surface area contributed by atoms with Crippen molar-refractivity contribution in [2.45, 2.75) is 13.0 Å². The maximum atomic E-state index is 12.1. The monoisotopic (exact) mass is 332 g/mol. The fourth-order valence-electron chi connectivity index (χ4n) is 2.38. The second-order valence-electron chi connectivity index (χ2n) is 4.96. The summed E-state index contributed by atoms with van der Waals surface area (Å²) in [4.78, 5) is 12.1. The number of aryl methyl sites for hydroxylation is 1. The summed E-state index contributed by atoms with van der Waals surface area (Å²) in [7, 11) is 0. The van der Waals surface area contributed by atoms with E-state index in [1.165, 1.54) is 0 Å². The van der Waals surface area contributed by atoms with Crippen molar-refractivity contribution < 1.29 is 4.79 Å². The molecule has 3 aromatic rings. The number of rotatable bonds is 4. The van der Waals surface area contributed by atoms with Gasteiger partial charge in [0.2, 0.25) is 5.91 Å². The van der Waals surface area contributed by atoms with Crippen molar-refractivity contribution in [3.63, 3.8) is 0 Å². The molecule has 0 spiro atoms. The van der Waals surface area contributed by atoms with E-state index in [-0.39, 0.29) is 5.91 Å². The summed E-state index contributed by atoms with van der Waals surface area (Å²) in [5, 5.41) is 4.81. The van der Waals surface area contributed by atoms with Gasteiger partial charge in [-0.3, -0.25) is 4.79 Å². The minimum atomic E-state index is -0.118. The van der Waals surface area contributed by atoms with E-state index in [9.17, 15) is 4.79 Å². The molecule has 0 aliphatic carbocycles. The van der Waals surface area contributed by atoms with Crippen LogP contribution in [0, 0.1) is 0 Å². The van der Waals surface area contributed by atoms with Gasteiger partial charge >= 0.3 is 0 Å². The van der Waals surface area contributed by atoms with Gasteiger partial charge in [-0.25, -0.2) is 0 Å². The first-order valence-electron chi connectivity index (χ1n) is 6.93. The minimum Gasteiger partial charge on any atom is -0.347 e. The smallest absolute Gasteiger partial charge is 0.226 e. The number of nitrogens with zero attached hydrogens (tertiary/aromatic N) is 1. The normalized spacial score (nSPS) is 10.8. The van der Waals surface area contributed by atoms with Crippen LogP contribution in [0.15, 0.2) is 54.7 Å². The minimum absolute atomic E-state index is 0.118. The van der Waals surface area contributed by atoms with E-state index in [1.807, 2.05) is 30.5 Å². The molecule has 0 atom stereocenters. The Balaban J connectivity index is 1.68.